The van der Waals surface area contributed by atoms with E-state index in [4.69, 9.17) is 4.74 Å². The molecular weight excluding hydrogens is 222 g/mol. The van der Waals surface area contributed by atoms with Crippen LogP contribution in [0.15, 0.2) is 0 Å². The molecule has 1 saturated heterocycles. The second-order valence-corrected chi connectivity index (χ2v) is 6.61. The lowest BCUT2D eigenvalue weighted by Gasteiger charge is -2.22. The van der Waals surface area contributed by atoms with Gasteiger partial charge >= 0.3 is 0 Å². The largest absolute Gasteiger partial charge is 0.389 e. The van der Waals surface area contributed by atoms with E-state index in [0.29, 0.717) is 13.2 Å². The monoisotopic (exact) mass is 247 g/mol. The van der Waals surface area contributed by atoms with Crippen molar-refractivity contribution in [2.45, 2.75) is 38.9 Å². The van der Waals surface area contributed by atoms with Crippen LogP contribution in [0.3, 0.4) is 0 Å². The van der Waals surface area contributed by atoms with Gasteiger partial charge in [-0.05, 0) is 51.2 Å². The number of aliphatic hydroxyl groups excluding tert-OH is 1. The minimum absolute atomic E-state index is 0.164. The number of hydrogen-bond acceptors (Lipinski definition) is 4. The Morgan fingerprint density at radius 1 is 1.50 bits per heavy atom. The molecular formula is C12H25NO2S. The van der Waals surface area contributed by atoms with Gasteiger partial charge in [-0.25, -0.2) is 0 Å². The van der Waals surface area contributed by atoms with Gasteiger partial charge < -0.3 is 15.2 Å². The summed E-state index contributed by atoms with van der Waals surface area (Å²) in [4.78, 5) is 0. The van der Waals surface area contributed by atoms with Crippen molar-refractivity contribution in [2.24, 2.45) is 5.92 Å². The Hall–Kier alpha value is 0.230. The van der Waals surface area contributed by atoms with Crippen LogP contribution in [0.1, 0.15) is 27.2 Å². The Bertz CT molecular complexity index is 188. The average molecular weight is 247 g/mol. The summed E-state index contributed by atoms with van der Waals surface area (Å²) in [6.07, 6.45) is 0.917. The van der Waals surface area contributed by atoms with E-state index >= 15 is 0 Å². The first-order chi connectivity index (χ1) is 7.47. The lowest BCUT2D eigenvalue weighted by molar-refractivity contribution is -0.0479. The summed E-state index contributed by atoms with van der Waals surface area (Å²) in [5.41, 5.74) is -0.164. The second kappa shape index (κ2) is 6.84. The molecule has 2 unspecified atom stereocenters. The summed E-state index contributed by atoms with van der Waals surface area (Å²) in [6, 6.07) is 0. The highest BCUT2D eigenvalue weighted by atomic mass is 32.2. The van der Waals surface area contributed by atoms with Gasteiger partial charge in [-0.2, -0.15) is 11.8 Å². The molecule has 0 aromatic heterocycles. The summed E-state index contributed by atoms with van der Waals surface area (Å²) in [5, 5.41) is 13.0. The van der Waals surface area contributed by atoms with E-state index in [9.17, 15) is 5.11 Å². The lowest BCUT2D eigenvalue weighted by Crippen LogP contribution is -2.35. The van der Waals surface area contributed by atoms with Crippen LogP contribution >= 0.6 is 11.8 Å². The van der Waals surface area contributed by atoms with Crippen LogP contribution in [-0.2, 0) is 4.74 Å². The third kappa shape index (κ3) is 6.74. The first-order valence-corrected chi connectivity index (χ1v) is 7.23. The van der Waals surface area contributed by atoms with E-state index in [1.807, 2.05) is 32.5 Å². The number of ether oxygens (including phenoxy) is 1. The van der Waals surface area contributed by atoms with Crippen LogP contribution in [0.4, 0.5) is 0 Å². The van der Waals surface area contributed by atoms with Crippen molar-refractivity contribution < 1.29 is 9.84 Å². The summed E-state index contributed by atoms with van der Waals surface area (Å²) >= 11 is 2.03. The number of rotatable bonds is 6. The van der Waals surface area contributed by atoms with E-state index in [1.54, 1.807) is 0 Å². The number of hydrogen-bond donors (Lipinski definition) is 2. The maximum atomic E-state index is 9.69. The van der Waals surface area contributed by atoms with Crippen LogP contribution < -0.4 is 5.32 Å². The highest BCUT2D eigenvalue weighted by Crippen LogP contribution is 2.22. The highest BCUT2D eigenvalue weighted by molar-refractivity contribution is 7.99. The zero-order valence-electron chi connectivity index (χ0n) is 10.7. The topological polar surface area (TPSA) is 41.5 Å². The van der Waals surface area contributed by atoms with Gasteiger partial charge in [0.2, 0.25) is 0 Å². The third-order valence-corrected chi connectivity index (χ3v) is 3.78. The predicted molar refractivity (Wildman–Crippen MR) is 70.0 cm³/mol. The van der Waals surface area contributed by atoms with Crippen molar-refractivity contribution in [3.63, 3.8) is 0 Å². The molecule has 2 atom stereocenters. The summed E-state index contributed by atoms with van der Waals surface area (Å²) in [5.74, 6) is 3.35. The molecule has 0 spiro atoms. The van der Waals surface area contributed by atoms with E-state index < -0.39 is 6.10 Å². The Balaban J connectivity index is 1.99. The van der Waals surface area contributed by atoms with Gasteiger partial charge in [-0.1, -0.05) is 0 Å². The normalized spacial score (nSPS) is 23.6. The van der Waals surface area contributed by atoms with Gasteiger partial charge in [0.25, 0.3) is 0 Å². The van der Waals surface area contributed by atoms with Crippen molar-refractivity contribution in [1.29, 1.82) is 0 Å². The van der Waals surface area contributed by atoms with E-state index in [0.717, 1.165) is 12.5 Å². The van der Waals surface area contributed by atoms with Gasteiger partial charge in [0.15, 0.2) is 0 Å². The van der Waals surface area contributed by atoms with E-state index in [-0.39, 0.29) is 5.60 Å². The molecule has 0 saturated carbocycles. The molecule has 0 radical (unpaired) electrons. The Kier molecular flexibility index (Phi) is 6.11. The number of thioether (sulfide) groups is 1. The van der Waals surface area contributed by atoms with Crippen LogP contribution in [0.5, 0.6) is 0 Å². The SMILES string of the molecule is CC(C)(C)OCC(O)CNCC1CCSC1. The van der Waals surface area contributed by atoms with Crippen LogP contribution in [-0.4, -0.2) is 48.0 Å². The van der Waals surface area contributed by atoms with Gasteiger partial charge in [0.05, 0.1) is 18.3 Å². The summed E-state index contributed by atoms with van der Waals surface area (Å²) in [7, 11) is 0. The fourth-order valence-electron chi connectivity index (χ4n) is 1.60. The minimum atomic E-state index is -0.395. The molecule has 1 aliphatic heterocycles. The summed E-state index contributed by atoms with van der Waals surface area (Å²) in [6.45, 7) is 8.08. The maximum Gasteiger partial charge on any atom is 0.0897 e. The molecule has 1 heterocycles. The highest BCUT2D eigenvalue weighted by Gasteiger charge is 2.16. The average Bonchev–Trinajstić information content (AvgIpc) is 2.66. The third-order valence-electron chi connectivity index (χ3n) is 2.55. The number of nitrogens with one attached hydrogen (secondary N) is 1. The zero-order chi connectivity index (χ0) is 12.0. The quantitative estimate of drug-likeness (QED) is 0.746. The minimum Gasteiger partial charge on any atom is -0.389 e. The first kappa shape index (κ1) is 14.3. The molecule has 4 heteroatoms. The van der Waals surface area contributed by atoms with Crippen LogP contribution in [0.2, 0.25) is 0 Å². The van der Waals surface area contributed by atoms with Crippen molar-refractivity contribution in [3.05, 3.63) is 0 Å². The molecule has 1 fully saturated rings. The fraction of sp³-hybridized carbons (Fsp3) is 1.00. The van der Waals surface area contributed by atoms with Crippen molar-refractivity contribution in [2.75, 3.05) is 31.2 Å². The first-order valence-electron chi connectivity index (χ1n) is 6.08. The molecule has 1 aliphatic rings. The molecule has 2 N–H and O–H groups in total. The fourth-order valence-corrected chi connectivity index (χ4v) is 2.89. The van der Waals surface area contributed by atoms with Crippen molar-refractivity contribution >= 4 is 11.8 Å². The summed E-state index contributed by atoms with van der Waals surface area (Å²) < 4.78 is 5.52. The van der Waals surface area contributed by atoms with Gasteiger partial charge in [-0.3, -0.25) is 0 Å². The smallest absolute Gasteiger partial charge is 0.0897 e. The Morgan fingerprint density at radius 3 is 2.81 bits per heavy atom. The molecule has 3 nitrogen and oxygen atoms in total. The molecule has 0 bridgehead atoms. The van der Waals surface area contributed by atoms with Gasteiger partial charge in [-0.15, -0.1) is 0 Å². The van der Waals surface area contributed by atoms with Crippen molar-refractivity contribution in [3.8, 4) is 0 Å². The molecule has 96 valence electrons. The molecule has 16 heavy (non-hydrogen) atoms. The van der Waals surface area contributed by atoms with Crippen LogP contribution in [0.25, 0.3) is 0 Å². The van der Waals surface area contributed by atoms with Gasteiger partial charge in [0.1, 0.15) is 0 Å². The zero-order valence-corrected chi connectivity index (χ0v) is 11.5. The van der Waals surface area contributed by atoms with Gasteiger partial charge in [0, 0.05) is 6.54 Å². The maximum absolute atomic E-state index is 9.69. The van der Waals surface area contributed by atoms with E-state index in [1.165, 1.54) is 17.9 Å². The second-order valence-electron chi connectivity index (χ2n) is 5.47. The molecule has 0 amide bonds. The Morgan fingerprint density at radius 2 is 2.25 bits per heavy atom. The lowest BCUT2D eigenvalue weighted by atomic mass is 10.1. The predicted octanol–water partition coefficient (Wildman–Crippen LogP) is 1.51. The molecule has 1 rings (SSSR count). The van der Waals surface area contributed by atoms with Crippen molar-refractivity contribution in [1.82, 2.24) is 5.32 Å². The van der Waals surface area contributed by atoms with Crippen LogP contribution in [0, 0.1) is 5.92 Å². The number of aliphatic hydroxyl groups is 1. The molecule has 0 aliphatic carbocycles. The molecule has 0 aromatic rings. The molecule has 0 aromatic carbocycles. The van der Waals surface area contributed by atoms with E-state index in [2.05, 4.69) is 5.32 Å². The Labute approximate surface area is 103 Å². The standard InChI is InChI=1S/C12H25NO2S/c1-12(2,3)15-8-11(14)7-13-6-10-4-5-16-9-10/h10-11,13-14H,4-9H2,1-3H3.